The fourth-order valence-electron chi connectivity index (χ4n) is 4.67. The number of rotatable bonds is 4. The summed E-state index contributed by atoms with van der Waals surface area (Å²) >= 11 is 0. The predicted octanol–water partition coefficient (Wildman–Crippen LogP) is 3.12. The number of nitrogens with one attached hydrogen (secondary N) is 1. The first-order valence-corrected chi connectivity index (χ1v) is 7.56. The molecular weight excluding hydrogens is 236 g/mol. The summed E-state index contributed by atoms with van der Waals surface area (Å²) in [5, 5.41) is 3.70. The zero-order chi connectivity index (χ0) is 13.0. The Hall–Kier alpha value is -1.38. The summed E-state index contributed by atoms with van der Waals surface area (Å²) in [4.78, 5) is 0. The maximum atomic E-state index is 5.95. The molecular formula is C16H22N2O. The first kappa shape index (κ1) is 11.4. The first-order chi connectivity index (χ1) is 9.26. The van der Waals surface area contributed by atoms with Crippen molar-refractivity contribution in [2.24, 2.45) is 23.7 Å². The van der Waals surface area contributed by atoms with Crippen molar-refractivity contribution >= 4 is 11.4 Å². The van der Waals surface area contributed by atoms with Crippen molar-refractivity contribution in [1.29, 1.82) is 0 Å². The van der Waals surface area contributed by atoms with Crippen molar-refractivity contribution in [2.45, 2.75) is 32.2 Å². The number of ether oxygens (including phenoxy) is 1. The molecule has 0 saturated heterocycles. The Balaban J connectivity index is 1.49. The van der Waals surface area contributed by atoms with Gasteiger partial charge in [-0.2, -0.15) is 0 Å². The van der Waals surface area contributed by atoms with E-state index in [1.165, 1.54) is 19.3 Å². The third-order valence-corrected chi connectivity index (χ3v) is 5.31. The van der Waals surface area contributed by atoms with Crippen LogP contribution in [0.5, 0.6) is 5.75 Å². The summed E-state index contributed by atoms with van der Waals surface area (Å²) in [5.74, 6) is 4.75. The van der Waals surface area contributed by atoms with Crippen LogP contribution in [-0.4, -0.2) is 12.6 Å². The number of hydrogen-bond acceptors (Lipinski definition) is 3. The van der Waals surface area contributed by atoms with Gasteiger partial charge in [-0.05, 0) is 55.9 Å². The molecule has 3 aliphatic carbocycles. The number of benzene rings is 1. The molecule has 0 aromatic heterocycles. The molecule has 3 heteroatoms. The number of hydrogen-bond donors (Lipinski definition) is 2. The van der Waals surface area contributed by atoms with Gasteiger partial charge in [-0.15, -0.1) is 0 Å². The predicted molar refractivity (Wildman–Crippen MR) is 77.2 cm³/mol. The fraction of sp³-hybridized carbons (Fsp3) is 0.625. The van der Waals surface area contributed by atoms with Crippen LogP contribution in [0.4, 0.5) is 11.4 Å². The van der Waals surface area contributed by atoms with Crippen LogP contribution in [0.3, 0.4) is 0 Å². The Labute approximate surface area is 114 Å². The van der Waals surface area contributed by atoms with E-state index in [0.29, 0.717) is 12.6 Å². The molecule has 0 aliphatic heterocycles. The third kappa shape index (κ3) is 1.78. The van der Waals surface area contributed by atoms with Crippen molar-refractivity contribution in [3.63, 3.8) is 0 Å². The summed E-state index contributed by atoms with van der Waals surface area (Å²) in [6.07, 6.45) is 4.42. The van der Waals surface area contributed by atoms with Crippen LogP contribution in [0.15, 0.2) is 18.2 Å². The lowest BCUT2D eigenvalue weighted by Gasteiger charge is -2.13. The van der Waals surface area contributed by atoms with E-state index in [9.17, 15) is 0 Å². The molecule has 2 bridgehead atoms. The minimum Gasteiger partial charge on any atom is -0.494 e. The van der Waals surface area contributed by atoms with Gasteiger partial charge >= 0.3 is 0 Å². The van der Waals surface area contributed by atoms with Crippen LogP contribution < -0.4 is 15.8 Å². The molecule has 4 unspecified atom stereocenters. The Morgan fingerprint density at radius 1 is 1.21 bits per heavy atom. The first-order valence-electron chi connectivity index (χ1n) is 7.56. The van der Waals surface area contributed by atoms with Gasteiger partial charge in [0.25, 0.3) is 0 Å². The highest BCUT2D eigenvalue weighted by atomic mass is 16.5. The Bertz CT molecular complexity index is 486. The Morgan fingerprint density at radius 2 is 1.95 bits per heavy atom. The van der Waals surface area contributed by atoms with Crippen molar-refractivity contribution in [3.05, 3.63) is 18.2 Å². The zero-order valence-electron chi connectivity index (χ0n) is 11.4. The van der Waals surface area contributed by atoms with Gasteiger partial charge in [0.05, 0.1) is 6.61 Å². The van der Waals surface area contributed by atoms with Gasteiger partial charge in [0.1, 0.15) is 5.75 Å². The van der Waals surface area contributed by atoms with E-state index in [1.807, 2.05) is 19.1 Å². The molecule has 4 atom stereocenters. The summed E-state index contributed by atoms with van der Waals surface area (Å²) in [6.45, 7) is 2.68. The van der Waals surface area contributed by atoms with Crippen molar-refractivity contribution in [1.82, 2.24) is 0 Å². The lowest BCUT2D eigenvalue weighted by molar-refractivity contribution is 0.340. The molecule has 3 nitrogen and oxygen atoms in total. The third-order valence-electron chi connectivity index (χ3n) is 5.31. The van der Waals surface area contributed by atoms with Crippen LogP contribution in [-0.2, 0) is 0 Å². The van der Waals surface area contributed by atoms with E-state index < -0.39 is 0 Å². The van der Waals surface area contributed by atoms with Crippen LogP contribution >= 0.6 is 0 Å². The molecule has 3 aliphatic rings. The zero-order valence-corrected chi connectivity index (χ0v) is 11.4. The minimum atomic E-state index is 0.682. The van der Waals surface area contributed by atoms with E-state index in [2.05, 4.69) is 11.4 Å². The standard InChI is InChI=1S/C16H22N2O/c1-2-19-13-7-11(17)6-12(8-13)18-16-14-9-3-4-10(5-9)15(14)16/h6-10,14-16,18H,2-5,17H2,1H3. The van der Waals surface area contributed by atoms with Gasteiger partial charge in [0.2, 0.25) is 0 Å². The summed E-state index contributed by atoms with van der Waals surface area (Å²) in [5.41, 5.74) is 7.86. The lowest BCUT2D eigenvalue weighted by atomic mass is 10.0. The van der Waals surface area contributed by atoms with Crippen molar-refractivity contribution in [2.75, 3.05) is 17.7 Å². The Kier molecular flexibility index (Phi) is 2.44. The largest absolute Gasteiger partial charge is 0.494 e. The van der Waals surface area contributed by atoms with Gasteiger partial charge in [0.15, 0.2) is 0 Å². The lowest BCUT2D eigenvalue weighted by Crippen LogP contribution is -2.13. The maximum absolute atomic E-state index is 5.95. The molecule has 1 aromatic rings. The average molecular weight is 258 g/mol. The second kappa shape index (κ2) is 4.06. The molecule has 3 saturated carbocycles. The molecule has 3 fully saturated rings. The van der Waals surface area contributed by atoms with Gasteiger partial charge in [-0.1, -0.05) is 0 Å². The number of anilines is 2. The van der Waals surface area contributed by atoms with E-state index in [0.717, 1.165) is 40.8 Å². The summed E-state index contributed by atoms with van der Waals surface area (Å²) < 4.78 is 5.56. The molecule has 1 aromatic carbocycles. The highest BCUT2D eigenvalue weighted by molar-refractivity contribution is 5.60. The van der Waals surface area contributed by atoms with E-state index in [1.54, 1.807) is 0 Å². The Morgan fingerprint density at radius 3 is 2.63 bits per heavy atom. The summed E-state index contributed by atoms with van der Waals surface area (Å²) in [7, 11) is 0. The van der Waals surface area contributed by atoms with E-state index >= 15 is 0 Å². The molecule has 0 heterocycles. The quantitative estimate of drug-likeness (QED) is 0.816. The topological polar surface area (TPSA) is 47.3 Å². The molecule has 3 N–H and O–H groups in total. The molecule has 0 radical (unpaired) electrons. The van der Waals surface area contributed by atoms with Crippen LogP contribution in [0.2, 0.25) is 0 Å². The number of fused-ring (bicyclic) bond motifs is 5. The van der Waals surface area contributed by atoms with E-state index in [-0.39, 0.29) is 0 Å². The average Bonchev–Trinajstić information content (AvgIpc) is 2.78. The van der Waals surface area contributed by atoms with Crippen LogP contribution in [0.1, 0.15) is 26.2 Å². The normalized spacial score (nSPS) is 38.1. The molecule has 0 amide bonds. The highest BCUT2D eigenvalue weighted by Crippen LogP contribution is 2.66. The van der Waals surface area contributed by atoms with Crippen molar-refractivity contribution < 1.29 is 4.74 Å². The van der Waals surface area contributed by atoms with E-state index in [4.69, 9.17) is 10.5 Å². The minimum absolute atomic E-state index is 0.682. The second-order valence-corrected chi connectivity index (χ2v) is 6.38. The molecule has 4 rings (SSSR count). The molecule has 19 heavy (non-hydrogen) atoms. The smallest absolute Gasteiger partial charge is 0.123 e. The number of nitrogens with two attached hydrogens (primary N) is 1. The fourth-order valence-corrected chi connectivity index (χ4v) is 4.67. The van der Waals surface area contributed by atoms with Gasteiger partial charge in [-0.3, -0.25) is 0 Å². The number of nitrogen functional groups attached to an aromatic ring is 1. The van der Waals surface area contributed by atoms with Gasteiger partial charge in [0, 0.05) is 29.5 Å². The molecule has 102 valence electrons. The second-order valence-electron chi connectivity index (χ2n) is 6.38. The van der Waals surface area contributed by atoms with Crippen LogP contribution in [0, 0.1) is 23.7 Å². The summed E-state index contributed by atoms with van der Waals surface area (Å²) in [6, 6.07) is 6.70. The monoisotopic (exact) mass is 258 g/mol. The maximum Gasteiger partial charge on any atom is 0.123 e. The van der Waals surface area contributed by atoms with Crippen LogP contribution in [0.25, 0.3) is 0 Å². The van der Waals surface area contributed by atoms with Gasteiger partial charge < -0.3 is 15.8 Å². The van der Waals surface area contributed by atoms with Crippen molar-refractivity contribution in [3.8, 4) is 5.75 Å². The highest BCUT2D eigenvalue weighted by Gasteiger charge is 2.64. The molecule has 0 spiro atoms. The van der Waals surface area contributed by atoms with Gasteiger partial charge in [-0.25, -0.2) is 0 Å². The SMILES string of the molecule is CCOc1cc(N)cc(NC2C3C4CCC(C4)C23)c1.